The lowest BCUT2D eigenvalue weighted by Crippen LogP contribution is -2.71. The van der Waals surface area contributed by atoms with Gasteiger partial charge in [0.05, 0.1) is 0 Å². The molecular formula is C68H62. The van der Waals surface area contributed by atoms with Crippen LogP contribution in [-0.4, -0.2) is 0 Å². The molecule has 0 aromatic heterocycles. The maximum Gasteiger partial charge on any atom is 0.0408 e. The largest absolute Gasteiger partial charge is 0.0622 e. The van der Waals surface area contributed by atoms with Crippen LogP contribution in [0.4, 0.5) is 0 Å². The van der Waals surface area contributed by atoms with Gasteiger partial charge in [-0.15, -0.1) is 0 Å². The highest BCUT2D eigenvalue weighted by atomic mass is 14.8. The molecule has 8 aliphatic carbocycles. The van der Waals surface area contributed by atoms with Crippen molar-refractivity contribution < 1.29 is 0 Å². The van der Waals surface area contributed by atoms with Crippen LogP contribution in [0.2, 0.25) is 0 Å². The summed E-state index contributed by atoms with van der Waals surface area (Å²) < 4.78 is 0. The van der Waals surface area contributed by atoms with Gasteiger partial charge in [-0.2, -0.15) is 0 Å². The molecule has 0 radical (unpaired) electrons. The molecule has 4 unspecified atom stereocenters. The van der Waals surface area contributed by atoms with Crippen molar-refractivity contribution in [1.82, 2.24) is 0 Å². The Morgan fingerprint density at radius 2 is 0.544 bits per heavy atom. The van der Waals surface area contributed by atoms with E-state index in [0.717, 1.165) is 44.5 Å². The van der Waals surface area contributed by atoms with Crippen LogP contribution in [-0.2, 0) is 10.8 Å². The molecule has 0 amide bonds. The molecule has 6 aromatic rings. The van der Waals surface area contributed by atoms with Crippen LogP contribution in [0.3, 0.4) is 0 Å². The summed E-state index contributed by atoms with van der Waals surface area (Å²) in [6.45, 7) is 10.8. The summed E-state index contributed by atoms with van der Waals surface area (Å²) in [4.78, 5) is 0. The van der Waals surface area contributed by atoms with Crippen molar-refractivity contribution >= 4 is 0 Å². The molecule has 8 bridgehead atoms. The van der Waals surface area contributed by atoms with Crippen LogP contribution in [0.15, 0.2) is 158 Å². The second-order valence-electron chi connectivity index (χ2n) is 24.5. The third kappa shape index (κ3) is 7.54. The molecule has 0 nitrogen and oxygen atoms in total. The van der Waals surface area contributed by atoms with E-state index in [1.54, 1.807) is 0 Å². The van der Waals surface area contributed by atoms with Crippen LogP contribution < -0.4 is 0 Å². The van der Waals surface area contributed by atoms with Gasteiger partial charge in [-0.05, 0) is 204 Å². The molecule has 0 spiro atoms. The fourth-order valence-corrected chi connectivity index (χ4v) is 17.9. The van der Waals surface area contributed by atoms with Gasteiger partial charge in [0.1, 0.15) is 0 Å². The van der Waals surface area contributed by atoms with E-state index < -0.39 is 0 Å². The maximum atomic E-state index is 3.68. The zero-order valence-electron chi connectivity index (χ0n) is 40.5. The van der Waals surface area contributed by atoms with Crippen molar-refractivity contribution in [2.75, 3.05) is 0 Å². The van der Waals surface area contributed by atoms with Gasteiger partial charge in [0, 0.05) is 44.5 Å². The Morgan fingerprint density at radius 1 is 0.265 bits per heavy atom. The van der Waals surface area contributed by atoms with Crippen LogP contribution in [0.1, 0.15) is 160 Å². The number of hydrogen-bond acceptors (Lipinski definition) is 0. The van der Waals surface area contributed by atoms with Crippen molar-refractivity contribution in [2.45, 2.75) is 116 Å². The van der Waals surface area contributed by atoms with Gasteiger partial charge in [-0.25, -0.2) is 0 Å². The minimum Gasteiger partial charge on any atom is -0.0622 e. The molecule has 0 saturated heterocycles. The molecule has 0 heterocycles. The minimum absolute atomic E-state index is 0.102. The summed E-state index contributed by atoms with van der Waals surface area (Å²) in [5, 5.41) is 0. The van der Waals surface area contributed by atoms with Gasteiger partial charge >= 0.3 is 0 Å². The molecular weight excluding hydrogens is 817 g/mol. The average molecular weight is 879 g/mol. The van der Waals surface area contributed by atoms with Crippen molar-refractivity contribution in [3.63, 3.8) is 0 Å². The molecule has 14 rings (SSSR count). The third-order valence-corrected chi connectivity index (χ3v) is 18.0. The van der Waals surface area contributed by atoms with Crippen LogP contribution in [0.5, 0.6) is 0 Å². The molecule has 0 heteroatoms. The summed E-state index contributed by atoms with van der Waals surface area (Å²) >= 11 is 0. The third-order valence-electron chi connectivity index (χ3n) is 18.0. The molecule has 334 valence electrons. The predicted molar refractivity (Wildman–Crippen MR) is 279 cm³/mol. The first-order chi connectivity index (χ1) is 32.8. The van der Waals surface area contributed by atoms with Gasteiger partial charge in [-0.3, -0.25) is 0 Å². The van der Waals surface area contributed by atoms with E-state index in [0.29, 0.717) is 21.7 Å². The molecule has 0 aliphatic heterocycles. The van der Waals surface area contributed by atoms with Gasteiger partial charge in [-0.1, -0.05) is 160 Å². The number of hydrogen-bond donors (Lipinski definition) is 0. The zero-order valence-corrected chi connectivity index (χ0v) is 40.5. The lowest BCUT2D eigenvalue weighted by atomic mass is 9.24. The Hall–Kier alpha value is -6.44. The Morgan fingerprint density at radius 3 is 0.838 bits per heavy atom. The van der Waals surface area contributed by atoms with E-state index in [-0.39, 0.29) is 21.7 Å². The second kappa shape index (κ2) is 15.5. The Kier molecular flexibility index (Phi) is 9.80. The van der Waals surface area contributed by atoms with E-state index in [1.165, 1.54) is 88.2 Å². The first-order valence-electron chi connectivity index (χ1n) is 25.4. The molecule has 8 saturated carbocycles. The van der Waals surface area contributed by atoms with Gasteiger partial charge in [0.15, 0.2) is 0 Å². The Labute approximate surface area is 406 Å². The smallest absolute Gasteiger partial charge is 0.0408 e. The van der Waals surface area contributed by atoms with Gasteiger partial charge in [0.25, 0.3) is 0 Å². The fraction of sp³-hybridized carbons (Fsp3) is 0.353. The maximum absolute atomic E-state index is 3.68. The molecule has 4 atom stereocenters. The first kappa shape index (κ1) is 42.9. The second-order valence-corrected chi connectivity index (χ2v) is 24.5. The molecule has 8 fully saturated rings. The number of benzene rings is 6. The first-order valence-corrected chi connectivity index (χ1v) is 25.4. The number of rotatable bonds is 3. The highest BCUT2D eigenvalue weighted by Crippen LogP contribution is 2.85. The van der Waals surface area contributed by atoms with Crippen molar-refractivity contribution in [2.24, 2.45) is 32.5 Å². The van der Waals surface area contributed by atoms with E-state index >= 15 is 0 Å². The van der Waals surface area contributed by atoms with Gasteiger partial charge < -0.3 is 0 Å². The molecule has 6 aromatic carbocycles. The SMILES string of the molecule is CC12CC3(C)CC(c4ccc(C#Cc5ccccc5)c(C#Cc5ccccc5)c4)(C1)CC(C14CC5(C)CC(C)(CC(c6ccc(C#Cc7ccccc7)c(C#Cc7ccccc7)c6)(C5)C1)C4)(C2)C3. The lowest BCUT2D eigenvalue weighted by molar-refractivity contribution is -0.275. The van der Waals surface area contributed by atoms with E-state index in [2.05, 4.69) is 233 Å². The van der Waals surface area contributed by atoms with E-state index in [9.17, 15) is 0 Å². The molecule has 68 heavy (non-hydrogen) atoms. The predicted octanol–water partition coefficient (Wildman–Crippen LogP) is 15.2. The van der Waals surface area contributed by atoms with Crippen LogP contribution >= 0.6 is 0 Å². The average Bonchev–Trinajstić information content (AvgIpc) is 3.30. The summed E-state index contributed by atoms with van der Waals surface area (Å²) in [6.07, 6.45) is 15.8. The highest BCUT2D eigenvalue weighted by molar-refractivity contribution is 5.59. The highest BCUT2D eigenvalue weighted by Gasteiger charge is 2.76. The van der Waals surface area contributed by atoms with Crippen LogP contribution in [0.25, 0.3) is 0 Å². The minimum atomic E-state index is 0.102. The van der Waals surface area contributed by atoms with Gasteiger partial charge in [0.2, 0.25) is 0 Å². The van der Waals surface area contributed by atoms with Crippen molar-refractivity contribution in [1.29, 1.82) is 0 Å². The topological polar surface area (TPSA) is 0 Å². The lowest BCUT2D eigenvalue weighted by Gasteiger charge is -2.80. The van der Waals surface area contributed by atoms with Crippen LogP contribution in [0, 0.1) is 79.9 Å². The van der Waals surface area contributed by atoms with Crippen molar-refractivity contribution in [3.8, 4) is 47.4 Å². The Bertz CT molecular complexity index is 2960. The monoisotopic (exact) mass is 878 g/mol. The zero-order chi connectivity index (χ0) is 46.3. The Balaban J connectivity index is 0.966. The van der Waals surface area contributed by atoms with Crippen molar-refractivity contribution in [3.05, 3.63) is 213 Å². The normalized spacial score (nSPS) is 33.2. The molecule has 0 N–H and O–H groups in total. The fourth-order valence-electron chi connectivity index (χ4n) is 17.9. The summed E-state index contributed by atoms with van der Waals surface area (Å²) in [5.74, 6) is 28.5. The summed E-state index contributed by atoms with van der Waals surface area (Å²) in [6, 6.07) is 56.3. The standard InChI is InChI=1S/C68H62/c1-61-39-62(2)42-65(41-61,59-35-33-55(29-25-51-17-9-5-10-18-51)57(37-59)31-27-53-21-13-7-14-22-53)49-67(45-61,46-62)68-47-63(3)40-64(4,48-68)44-66(43-63,50-68)60-36-34-56(30-26-52-19-11-6-12-20-52)58(38-60)32-28-54-23-15-8-16-24-54/h5-24,33-38H,39-50H2,1-4H3. The molecule has 8 aliphatic rings. The quantitative estimate of drug-likeness (QED) is 0.155. The van der Waals surface area contributed by atoms with E-state index in [1.807, 2.05) is 0 Å². The summed E-state index contributed by atoms with van der Waals surface area (Å²) in [7, 11) is 0. The summed E-state index contributed by atoms with van der Waals surface area (Å²) in [5.41, 5.74) is 13.2. The van der Waals surface area contributed by atoms with E-state index in [4.69, 9.17) is 0 Å².